The monoisotopic (exact) mass is 273 g/mol. The van der Waals surface area contributed by atoms with E-state index in [0.29, 0.717) is 23.5 Å². The lowest BCUT2D eigenvalue weighted by Crippen LogP contribution is -2.05. The largest absolute Gasteiger partial charge is 0.496 e. The van der Waals surface area contributed by atoms with Gasteiger partial charge in [-0.2, -0.15) is 0 Å². The number of ether oxygens (including phenoxy) is 2. The molecule has 4 heteroatoms. The minimum atomic E-state index is -0.630. The molecule has 0 radical (unpaired) electrons. The zero-order chi connectivity index (χ0) is 14.4. The van der Waals surface area contributed by atoms with Crippen molar-refractivity contribution in [3.63, 3.8) is 0 Å². The Morgan fingerprint density at radius 2 is 1.65 bits per heavy atom. The maximum Gasteiger partial charge on any atom is 0.128 e. The molecule has 0 aliphatic heterocycles. The summed E-state index contributed by atoms with van der Waals surface area (Å²) < 4.78 is 10.6. The molecule has 1 N–H and O–H groups in total. The van der Waals surface area contributed by atoms with Crippen molar-refractivity contribution in [2.24, 2.45) is 0 Å². The third-order valence-corrected chi connectivity index (χ3v) is 3.25. The van der Waals surface area contributed by atoms with E-state index < -0.39 is 6.10 Å². The Kier molecular flexibility index (Phi) is 4.96. The molecular formula is C16H19NO3. The fraction of sp³-hybridized carbons (Fsp3) is 0.312. The number of aliphatic hydroxyl groups is 1. The van der Waals surface area contributed by atoms with Gasteiger partial charge in [-0.3, -0.25) is 4.98 Å². The van der Waals surface area contributed by atoms with Crippen LogP contribution < -0.4 is 9.47 Å². The molecule has 1 aromatic carbocycles. The number of benzene rings is 1. The van der Waals surface area contributed by atoms with Gasteiger partial charge in [-0.25, -0.2) is 0 Å². The highest BCUT2D eigenvalue weighted by atomic mass is 16.5. The fourth-order valence-electron chi connectivity index (χ4n) is 2.21. The first-order valence-electron chi connectivity index (χ1n) is 6.54. The predicted octanol–water partition coefficient (Wildman–Crippen LogP) is 2.77. The van der Waals surface area contributed by atoms with E-state index >= 15 is 0 Å². The van der Waals surface area contributed by atoms with Gasteiger partial charge in [-0.15, -0.1) is 0 Å². The number of methoxy groups -OCH3 is 2. The molecule has 2 rings (SSSR count). The molecule has 0 aliphatic carbocycles. The Morgan fingerprint density at radius 3 is 2.20 bits per heavy atom. The number of pyridine rings is 1. The van der Waals surface area contributed by atoms with Gasteiger partial charge >= 0.3 is 0 Å². The van der Waals surface area contributed by atoms with Crippen LogP contribution in [0.1, 0.15) is 23.7 Å². The zero-order valence-corrected chi connectivity index (χ0v) is 11.7. The molecular weight excluding hydrogens is 254 g/mol. The molecule has 0 saturated heterocycles. The van der Waals surface area contributed by atoms with Crippen molar-refractivity contribution in [3.05, 3.63) is 53.9 Å². The van der Waals surface area contributed by atoms with Crippen molar-refractivity contribution in [1.82, 2.24) is 4.98 Å². The van der Waals surface area contributed by atoms with Crippen LogP contribution in [0.25, 0.3) is 0 Å². The van der Waals surface area contributed by atoms with Gasteiger partial charge in [-0.1, -0.05) is 6.07 Å². The summed E-state index contributed by atoms with van der Waals surface area (Å²) in [4.78, 5) is 3.98. The Morgan fingerprint density at radius 1 is 1.05 bits per heavy atom. The summed E-state index contributed by atoms with van der Waals surface area (Å²) in [5.41, 5.74) is 1.85. The number of aryl methyl sites for hydroxylation is 1. The van der Waals surface area contributed by atoms with Crippen LogP contribution in [0.15, 0.2) is 42.7 Å². The van der Waals surface area contributed by atoms with Gasteiger partial charge in [0.2, 0.25) is 0 Å². The second-order valence-corrected chi connectivity index (χ2v) is 4.49. The Labute approximate surface area is 119 Å². The van der Waals surface area contributed by atoms with Crippen LogP contribution in [-0.2, 0) is 6.42 Å². The van der Waals surface area contributed by atoms with E-state index in [9.17, 15) is 5.11 Å². The number of rotatable bonds is 6. The standard InChI is InChI=1S/C16H19NO3/c1-19-14-4-3-5-15(20-2)16(14)13(18)7-6-12-8-10-17-11-9-12/h3-5,8-11,13,18H,6-7H2,1-2H3. The first-order chi connectivity index (χ1) is 9.76. The molecule has 106 valence electrons. The summed E-state index contributed by atoms with van der Waals surface area (Å²) in [6.45, 7) is 0. The van der Waals surface area contributed by atoms with Crippen molar-refractivity contribution < 1.29 is 14.6 Å². The third kappa shape index (κ3) is 3.27. The first-order valence-corrected chi connectivity index (χ1v) is 6.54. The topological polar surface area (TPSA) is 51.6 Å². The van der Waals surface area contributed by atoms with Crippen LogP contribution >= 0.6 is 0 Å². The summed E-state index contributed by atoms with van der Waals surface area (Å²) in [6.07, 6.45) is 4.25. The van der Waals surface area contributed by atoms with Crippen molar-refractivity contribution in [3.8, 4) is 11.5 Å². The van der Waals surface area contributed by atoms with Crippen LogP contribution in [-0.4, -0.2) is 24.3 Å². The minimum absolute atomic E-state index is 0.598. The molecule has 0 aliphatic rings. The van der Waals surface area contributed by atoms with Crippen LogP contribution in [0.5, 0.6) is 11.5 Å². The van der Waals surface area contributed by atoms with E-state index in [-0.39, 0.29) is 0 Å². The zero-order valence-electron chi connectivity index (χ0n) is 11.7. The van der Waals surface area contributed by atoms with Crippen molar-refractivity contribution in [1.29, 1.82) is 0 Å². The van der Waals surface area contributed by atoms with Crippen molar-refractivity contribution in [2.45, 2.75) is 18.9 Å². The number of aliphatic hydroxyl groups excluding tert-OH is 1. The lowest BCUT2D eigenvalue weighted by Gasteiger charge is -2.18. The summed E-state index contributed by atoms with van der Waals surface area (Å²) in [5, 5.41) is 10.4. The van der Waals surface area contributed by atoms with Crippen LogP contribution in [0, 0.1) is 0 Å². The molecule has 1 unspecified atom stereocenters. The Bertz CT molecular complexity index is 520. The van der Waals surface area contributed by atoms with Crippen molar-refractivity contribution >= 4 is 0 Å². The summed E-state index contributed by atoms with van der Waals surface area (Å²) in [7, 11) is 3.18. The molecule has 1 atom stereocenters. The van der Waals surface area contributed by atoms with E-state index in [1.807, 2.05) is 30.3 Å². The number of hydrogen-bond donors (Lipinski definition) is 1. The van der Waals surface area contributed by atoms with Gasteiger partial charge in [0, 0.05) is 12.4 Å². The van der Waals surface area contributed by atoms with E-state index in [1.54, 1.807) is 26.6 Å². The molecule has 0 fully saturated rings. The van der Waals surface area contributed by atoms with Crippen LogP contribution in [0.2, 0.25) is 0 Å². The normalized spacial score (nSPS) is 11.9. The fourth-order valence-corrected chi connectivity index (χ4v) is 2.21. The first kappa shape index (κ1) is 14.3. The molecule has 4 nitrogen and oxygen atoms in total. The summed E-state index contributed by atoms with van der Waals surface area (Å²) in [5.74, 6) is 1.29. The third-order valence-electron chi connectivity index (χ3n) is 3.25. The second kappa shape index (κ2) is 6.91. The molecule has 20 heavy (non-hydrogen) atoms. The van der Waals surface area contributed by atoms with E-state index in [2.05, 4.69) is 4.98 Å². The average Bonchev–Trinajstić information content (AvgIpc) is 2.52. The summed E-state index contributed by atoms with van der Waals surface area (Å²) >= 11 is 0. The number of nitrogens with zero attached hydrogens (tertiary/aromatic N) is 1. The van der Waals surface area contributed by atoms with Gasteiger partial charge < -0.3 is 14.6 Å². The van der Waals surface area contributed by atoms with E-state index in [0.717, 1.165) is 12.0 Å². The maximum absolute atomic E-state index is 10.4. The Balaban J connectivity index is 2.14. The minimum Gasteiger partial charge on any atom is -0.496 e. The molecule has 0 spiro atoms. The van der Waals surface area contributed by atoms with Crippen LogP contribution in [0.3, 0.4) is 0 Å². The van der Waals surface area contributed by atoms with Gasteiger partial charge in [0.05, 0.1) is 25.9 Å². The lowest BCUT2D eigenvalue weighted by molar-refractivity contribution is 0.159. The van der Waals surface area contributed by atoms with Crippen LogP contribution in [0.4, 0.5) is 0 Å². The SMILES string of the molecule is COc1cccc(OC)c1C(O)CCc1ccncc1. The van der Waals surface area contributed by atoms with Gasteiger partial charge in [0.15, 0.2) is 0 Å². The second-order valence-electron chi connectivity index (χ2n) is 4.49. The maximum atomic E-state index is 10.4. The number of hydrogen-bond acceptors (Lipinski definition) is 4. The van der Waals surface area contributed by atoms with Crippen molar-refractivity contribution in [2.75, 3.05) is 14.2 Å². The molecule has 0 saturated carbocycles. The molecule has 1 heterocycles. The molecule has 1 aromatic heterocycles. The quantitative estimate of drug-likeness (QED) is 0.879. The van der Waals surface area contributed by atoms with E-state index in [4.69, 9.17) is 9.47 Å². The smallest absolute Gasteiger partial charge is 0.128 e. The molecule has 2 aromatic rings. The summed E-state index contributed by atoms with van der Waals surface area (Å²) in [6, 6.07) is 9.40. The average molecular weight is 273 g/mol. The Hall–Kier alpha value is -2.07. The highest BCUT2D eigenvalue weighted by Crippen LogP contribution is 2.35. The van der Waals surface area contributed by atoms with Gasteiger partial charge in [-0.05, 0) is 42.7 Å². The van der Waals surface area contributed by atoms with E-state index in [1.165, 1.54) is 0 Å². The molecule has 0 bridgehead atoms. The lowest BCUT2D eigenvalue weighted by atomic mass is 10.00. The molecule has 0 amide bonds. The predicted molar refractivity (Wildman–Crippen MR) is 77.1 cm³/mol. The van der Waals surface area contributed by atoms with Gasteiger partial charge in [0.25, 0.3) is 0 Å². The highest BCUT2D eigenvalue weighted by molar-refractivity contribution is 5.46. The van der Waals surface area contributed by atoms with Gasteiger partial charge in [0.1, 0.15) is 11.5 Å². The number of aromatic nitrogens is 1. The highest BCUT2D eigenvalue weighted by Gasteiger charge is 2.18.